The normalized spacial score (nSPS) is 11.4. The maximum atomic E-state index is 12.6. The van der Waals surface area contributed by atoms with E-state index in [1.54, 1.807) is 0 Å². The second-order valence-electron chi connectivity index (χ2n) is 3.20. The first-order valence-electron chi connectivity index (χ1n) is 4.72. The van der Waals surface area contributed by atoms with E-state index in [1.165, 1.54) is 13.8 Å². The van der Waals surface area contributed by atoms with Gasteiger partial charge in [-0.25, -0.2) is 4.79 Å². The first-order valence-corrected chi connectivity index (χ1v) is 4.72. The molecule has 0 saturated carbocycles. The molecule has 0 radical (unpaired) electrons. The van der Waals surface area contributed by atoms with Crippen molar-refractivity contribution in [2.45, 2.75) is 20.0 Å². The van der Waals surface area contributed by atoms with Crippen LogP contribution in [0.5, 0.6) is 5.75 Å². The molecule has 4 nitrogen and oxygen atoms in total. The average molecular weight is 249 g/mol. The van der Waals surface area contributed by atoms with Gasteiger partial charge in [-0.05, 0) is 13.8 Å². The number of aryl methyl sites for hydroxylation is 1. The molecule has 0 spiro atoms. The van der Waals surface area contributed by atoms with E-state index >= 15 is 0 Å². The van der Waals surface area contributed by atoms with Crippen molar-refractivity contribution in [3.8, 4) is 5.75 Å². The minimum atomic E-state index is -4.78. The van der Waals surface area contributed by atoms with E-state index in [0.29, 0.717) is 6.20 Å². The first kappa shape index (κ1) is 13.3. The molecule has 0 saturated heterocycles. The van der Waals surface area contributed by atoms with Gasteiger partial charge in [0.1, 0.15) is 5.56 Å². The standard InChI is InChI=1S/C10H10F3NO3/c1-3-17-9(16)7-6(10(11,12)13)4-14-5(2)8(7)15/h4,15H,3H2,1-2H3. The largest absolute Gasteiger partial charge is 0.505 e. The minimum Gasteiger partial charge on any atom is -0.505 e. The fourth-order valence-corrected chi connectivity index (χ4v) is 1.22. The summed E-state index contributed by atoms with van der Waals surface area (Å²) < 4.78 is 42.3. The Kier molecular flexibility index (Phi) is 3.59. The summed E-state index contributed by atoms with van der Waals surface area (Å²) in [6.45, 7) is 2.66. The molecule has 0 aliphatic heterocycles. The number of pyridine rings is 1. The van der Waals surface area contributed by atoms with Crippen LogP contribution in [0.25, 0.3) is 0 Å². The van der Waals surface area contributed by atoms with Gasteiger partial charge in [0.15, 0.2) is 5.75 Å². The van der Waals surface area contributed by atoms with Gasteiger partial charge >= 0.3 is 12.1 Å². The Morgan fingerprint density at radius 2 is 2.12 bits per heavy atom. The van der Waals surface area contributed by atoms with Crippen LogP contribution < -0.4 is 0 Å². The highest BCUT2D eigenvalue weighted by Crippen LogP contribution is 2.36. The molecule has 0 atom stereocenters. The number of alkyl halides is 3. The zero-order valence-electron chi connectivity index (χ0n) is 9.13. The van der Waals surface area contributed by atoms with E-state index in [1.807, 2.05) is 0 Å². The predicted octanol–water partition coefficient (Wildman–Crippen LogP) is 2.29. The van der Waals surface area contributed by atoms with Crippen molar-refractivity contribution in [3.05, 3.63) is 23.0 Å². The summed E-state index contributed by atoms with van der Waals surface area (Å²) in [7, 11) is 0. The van der Waals surface area contributed by atoms with E-state index in [9.17, 15) is 23.1 Å². The third-order valence-electron chi connectivity index (χ3n) is 2.02. The molecule has 7 heteroatoms. The van der Waals surface area contributed by atoms with Crippen LogP contribution in [0.2, 0.25) is 0 Å². The molecule has 0 aromatic carbocycles. The molecular weight excluding hydrogens is 239 g/mol. The first-order chi connectivity index (χ1) is 7.79. The Hall–Kier alpha value is -1.79. The summed E-state index contributed by atoms with van der Waals surface area (Å²) in [4.78, 5) is 14.7. The topological polar surface area (TPSA) is 59.4 Å². The summed E-state index contributed by atoms with van der Waals surface area (Å²) in [6.07, 6.45) is -4.28. The molecule has 94 valence electrons. The Bertz CT molecular complexity index is 443. The van der Waals surface area contributed by atoms with Crippen LogP contribution in [-0.2, 0) is 10.9 Å². The lowest BCUT2D eigenvalue weighted by atomic mass is 10.1. The summed E-state index contributed by atoms with van der Waals surface area (Å²) in [6, 6.07) is 0. The van der Waals surface area contributed by atoms with Crippen molar-refractivity contribution in [3.63, 3.8) is 0 Å². The summed E-state index contributed by atoms with van der Waals surface area (Å²) in [5.74, 6) is -2.03. The smallest absolute Gasteiger partial charge is 0.418 e. The number of hydrogen-bond acceptors (Lipinski definition) is 4. The van der Waals surface area contributed by atoms with E-state index in [2.05, 4.69) is 9.72 Å². The number of nitrogens with zero attached hydrogens (tertiary/aromatic N) is 1. The Balaban J connectivity index is 3.42. The zero-order valence-corrected chi connectivity index (χ0v) is 9.13. The van der Waals surface area contributed by atoms with Crippen molar-refractivity contribution in [1.82, 2.24) is 4.98 Å². The fraction of sp³-hybridized carbons (Fsp3) is 0.400. The van der Waals surface area contributed by atoms with Crippen molar-refractivity contribution in [2.75, 3.05) is 6.61 Å². The molecule has 17 heavy (non-hydrogen) atoms. The Morgan fingerprint density at radius 3 is 2.59 bits per heavy atom. The van der Waals surface area contributed by atoms with Gasteiger partial charge in [-0.15, -0.1) is 0 Å². The zero-order chi connectivity index (χ0) is 13.2. The highest BCUT2D eigenvalue weighted by molar-refractivity contribution is 5.94. The van der Waals surface area contributed by atoms with E-state index in [-0.39, 0.29) is 12.3 Å². The number of rotatable bonds is 2. The van der Waals surface area contributed by atoms with Crippen LogP contribution >= 0.6 is 0 Å². The summed E-state index contributed by atoms with van der Waals surface area (Å²) in [5.41, 5.74) is -2.27. The quantitative estimate of drug-likeness (QED) is 0.817. The van der Waals surface area contributed by atoms with Gasteiger partial charge in [-0.2, -0.15) is 13.2 Å². The molecule has 0 aliphatic carbocycles. The molecule has 1 heterocycles. The lowest BCUT2D eigenvalue weighted by Crippen LogP contribution is -2.16. The van der Waals surface area contributed by atoms with Crippen LogP contribution in [-0.4, -0.2) is 22.7 Å². The molecule has 1 N–H and O–H groups in total. The lowest BCUT2D eigenvalue weighted by Gasteiger charge is -2.13. The number of aromatic hydroxyl groups is 1. The maximum absolute atomic E-state index is 12.6. The van der Waals surface area contributed by atoms with Crippen molar-refractivity contribution < 1.29 is 27.8 Å². The molecule has 0 amide bonds. The molecule has 0 unspecified atom stereocenters. The number of ether oxygens (including phenoxy) is 1. The van der Waals surface area contributed by atoms with Gasteiger partial charge in [0.05, 0.1) is 17.9 Å². The maximum Gasteiger partial charge on any atom is 0.418 e. The van der Waals surface area contributed by atoms with E-state index in [0.717, 1.165) is 0 Å². The number of hydrogen-bond donors (Lipinski definition) is 1. The van der Waals surface area contributed by atoms with Crippen molar-refractivity contribution in [1.29, 1.82) is 0 Å². The van der Waals surface area contributed by atoms with Crippen molar-refractivity contribution >= 4 is 5.97 Å². The lowest BCUT2D eigenvalue weighted by molar-refractivity contribution is -0.138. The highest BCUT2D eigenvalue weighted by atomic mass is 19.4. The molecular formula is C10H10F3NO3. The van der Waals surface area contributed by atoms with Crippen LogP contribution in [0.3, 0.4) is 0 Å². The molecule has 1 aromatic rings. The van der Waals surface area contributed by atoms with Crippen LogP contribution in [0.15, 0.2) is 6.20 Å². The average Bonchev–Trinajstić information content (AvgIpc) is 2.20. The fourth-order valence-electron chi connectivity index (χ4n) is 1.22. The number of esters is 1. The van der Waals surface area contributed by atoms with Gasteiger partial charge in [0, 0.05) is 6.20 Å². The van der Waals surface area contributed by atoms with Crippen LogP contribution in [0.4, 0.5) is 13.2 Å². The predicted molar refractivity (Wildman–Crippen MR) is 51.6 cm³/mol. The third kappa shape index (κ3) is 2.66. The van der Waals surface area contributed by atoms with Gasteiger partial charge in [0.25, 0.3) is 0 Å². The highest BCUT2D eigenvalue weighted by Gasteiger charge is 2.38. The Labute approximate surface area is 95.0 Å². The van der Waals surface area contributed by atoms with Gasteiger partial charge in [0.2, 0.25) is 0 Å². The summed E-state index contributed by atoms with van der Waals surface area (Å²) in [5, 5.41) is 9.48. The molecule has 0 bridgehead atoms. The summed E-state index contributed by atoms with van der Waals surface area (Å²) >= 11 is 0. The van der Waals surface area contributed by atoms with Crippen molar-refractivity contribution in [2.24, 2.45) is 0 Å². The van der Waals surface area contributed by atoms with Crippen LogP contribution in [0, 0.1) is 6.92 Å². The number of carbonyl (C=O) groups is 1. The molecule has 1 rings (SSSR count). The second-order valence-corrected chi connectivity index (χ2v) is 3.20. The molecule has 0 fully saturated rings. The van der Waals surface area contributed by atoms with Gasteiger partial charge in [-0.1, -0.05) is 0 Å². The van der Waals surface area contributed by atoms with Crippen LogP contribution in [0.1, 0.15) is 28.5 Å². The van der Waals surface area contributed by atoms with Gasteiger partial charge in [-0.3, -0.25) is 4.98 Å². The number of carbonyl (C=O) groups excluding carboxylic acids is 1. The second kappa shape index (κ2) is 4.60. The minimum absolute atomic E-state index is 0.0685. The van der Waals surface area contributed by atoms with E-state index in [4.69, 9.17) is 0 Å². The molecule has 1 aromatic heterocycles. The SMILES string of the molecule is CCOC(=O)c1c(C(F)(F)F)cnc(C)c1O. The Morgan fingerprint density at radius 1 is 1.53 bits per heavy atom. The monoisotopic (exact) mass is 249 g/mol. The number of halogens is 3. The molecule has 0 aliphatic rings. The number of aromatic nitrogens is 1. The van der Waals surface area contributed by atoms with Gasteiger partial charge < -0.3 is 9.84 Å². The third-order valence-corrected chi connectivity index (χ3v) is 2.02. The van der Waals surface area contributed by atoms with E-state index < -0.39 is 29.0 Å².